The molecular formula is C32H27BrN2O5S. The van der Waals surface area contributed by atoms with Crippen LogP contribution in [0.1, 0.15) is 23.6 Å². The fourth-order valence-corrected chi connectivity index (χ4v) is 5.89. The van der Waals surface area contributed by atoms with Gasteiger partial charge in [-0.2, -0.15) is 0 Å². The second-order valence-electron chi connectivity index (χ2n) is 9.32. The van der Waals surface area contributed by atoms with E-state index in [1.165, 1.54) is 0 Å². The summed E-state index contributed by atoms with van der Waals surface area (Å²) in [4.78, 5) is 39.5. The number of benzene rings is 4. The number of nitrogens with one attached hydrogen (secondary N) is 1. The van der Waals surface area contributed by atoms with E-state index in [9.17, 15) is 14.4 Å². The van der Waals surface area contributed by atoms with Crippen LogP contribution in [0.5, 0.6) is 11.5 Å². The predicted molar refractivity (Wildman–Crippen MR) is 166 cm³/mol. The molecule has 1 aliphatic rings. The van der Waals surface area contributed by atoms with E-state index in [-0.39, 0.29) is 11.4 Å². The lowest BCUT2D eigenvalue weighted by Gasteiger charge is -2.16. The van der Waals surface area contributed by atoms with Gasteiger partial charge in [0, 0.05) is 5.69 Å². The number of para-hydroxylation sites is 1. The minimum atomic E-state index is -0.523. The molecule has 0 unspecified atom stereocenters. The monoisotopic (exact) mass is 630 g/mol. The van der Waals surface area contributed by atoms with Gasteiger partial charge in [0.05, 0.1) is 16.0 Å². The number of carbonyl (C=O) groups excluding carboxylic acids is 3. The minimum Gasteiger partial charge on any atom is -0.490 e. The van der Waals surface area contributed by atoms with Crippen LogP contribution in [0.15, 0.2) is 88.2 Å². The Kier molecular flexibility index (Phi) is 8.75. The van der Waals surface area contributed by atoms with Crippen LogP contribution < -0.4 is 14.8 Å². The second kappa shape index (κ2) is 12.6. The number of nitrogens with zero attached hydrogens (tertiary/aromatic N) is 1. The lowest BCUT2D eigenvalue weighted by molar-refractivity contribution is -0.127. The molecule has 5 rings (SSSR count). The van der Waals surface area contributed by atoms with Gasteiger partial charge in [0.15, 0.2) is 11.5 Å². The molecule has 1 heterocycles. The number of hydrogen-bond donors (Lipinski definition) is 1. The van der Waals surface area contributed by atoms with Crippen LogP contribution in [-0.4, -0.2) is 35.1 Å². The maximum atomic E-state index is 13.1. The fraction of sp³-hybridized carbons (Fsp3) is 0.156. The average molecular weight is 632 g/mol. The van der Waals surface area contributed by atoms with Gasteiger partial charge in [-0.1, -0.05) is 60.7 Å². The molecule has 4 aromatic rings. The van der Waals surface area contributed by atoms with Gasteiger partial charge in [-0.15, -0.1) is 0 Å². The Morgan fingerprint density at radius 2 is 1.76 bits per heavy atom. The Balaban J connectivity index is 1.33. The molecule has 4 aromatic carbocycles. The minimum absolute atomic E-state index is 0.220. The number of imide groups is 1. The normalized spacial score (nSPS) is 14.1. The molecule has 3 amide bonds. The van der Waals surface area contributed by atoms with Crippen LogP contribution in [-0.2, 0) is 16.2 Å². The third-order valence-electron chi connectivity index (χ3n) is 6.48. The molecule has 0 bridgehead atoms. The Labute approximate surface area is 250 Å². The van der Waals surface area contributed by atoms with Gasteiger partial charge in [0.2, 0.25) is 5.91 Å². The number of halogens is 1. The molecule has 1 aliphatic heterocycles. The van der Waals surface area contributed by atoms with Crippen molar-refractivity contribution in [3.8, 4) is 11.5 Å². The van der Waals surface area contributed by atoms with Crippen molar-refractivity contribution in [2.75, 3.05) is 18.5 Å². The summed E-state index contributed by atoms with van der Waals surface area (Å²) in [7, 11) is 0. The van der Waals surface area contributed by atoms with E-state index in [0.717, 1.165) is 38.6 Å². The zero-order chi connectivity index (χ0) is 28.9. The molecule has 9 heteroatoms. The van der Waals surface area contributed by atoms with E-state index in [1.807, 2.05) is 50.2 Å². The summed E-state index contributed by atoms with van der Waals surface area (Å²) in [5, 5.41) is 4.51. The number of amides is 3. The number of anilines is 1. The van der Waals surface area contributed by atoms with E-state index in [2.05, 4.69) is 39.4 Å². The summed E-state index contributed by atoms with van der Waals surface area (Å²) in [5.41, 5.74) is 3.21. The van der Waals surface area contributed by atoms with Gasteiger partial charge in [-0.25, -0.2) is 0 Å². The van der Waals surface area contributed by atoms with E-state index in [1.54, 1.807) is 30.3 Å². The van der Waals surface area contributed by atoms with Gasteiger partial charge in [-0.05, 0) is 93.3 Å². The Bertz CT molecular complexity index is 1680. The SMILES string of the molecule is CCOc1cc(/C=C2/SC(=O)N(CC(=O)Nc3ccccc3C)C2=O)cc(Br)c1OCc1cccc2ccccc12. The average Bonchev–Trinajstić information content (AvgIpc) is 3.21. The van der Waals surface area contributed by atoms with Crippen molar-refractivity contribution in [3.05, 3.63) is 105 Å². The summed E-state index contributed by atoms with van der Waals surface area (Å²) >= 11 is 4.39. The highest BCUT2D eigenvalue weighted by Crippen LogP contribution is 2.40. The van der Waals surface area contributed by atoms with Crippen LogP contribution in [0.4, 0.5) is 10.5 Å². The highest BCUT2D eigenvalue weighted by Gasteiger charge is 2.36. The lowest BCUT2D eigenvalue weighted by Crippen LogP contribution is -2.36. The van der Waals surface area contributed by atoms with Gasteiger partial charge in [0.1, 0.15) is 13.2 Å². The first-order valence-corrected chi connectivity index (χ1v) is 14.6. The number of hydrogen-bond acceptors (Lipinski definition) is 6. The molecule has 7 nitrogen and oxygen atoms in total. The fourth-order valence-electron chi connectivity index (χ4n) is 4.48. The van der Waals surface area contributed by atoms with Crippen molar-refractivity contribution < 1.29 is 23.9 Å². The van der Waals surface area contributed by atoms with Crippen molar-refractivity contribution in [1.82, 2.24) is 4.90 Å². The van der Waals surface area contributed by atoms with E-state index < -0.39 is 17.1 Å². The molecule has 0 aliphatic carbocycles. The van der Waals surface area contributed by atoms with Crippen LogP contribution in [0, 0.1) is 6.92 Å². The first kappa shape index (κ1) is 28.4. The van der Waals surface area contributed by atoms with Crippen molar-refractivity contribution in [2.45, 2.75) is 20.5 Å². The summed E-state index contributed by atoms with van der Waals surface area (Å²) < 4.78 is 12.8. The van der Waals surface area contributed by atoms with E-state index >= 15 is 0 Å². The molecule has 0 radical (unpaired) electrons. The zero-order valence-electron chi connectivity index (χ0n) is 22.5. The van der Waals surface area contributed by atoms with Crippen molar-refractivity contribution in [3.63, 3.8) is 0 Å². The van der Waals surface area contributed by atoms with Gasteiger partial charge in [-0.3, -0.25) is 19.3 Å². The standard InChI is InChI=1S/C32H27BrN2O5S/c1-3-39-27-16-21(15-25(33)30(27)40-19-23-12-8-11-22-10-5-6-13-24(22)23)17-28-31(37)35(32(38)41-28)18-29(36)34-26-14-7-4-9-20(26)2/h4-17H,3,18-19H2,1-2H3,(H,34,36)/b28-17+. The summed E-state index contributed by atoms with van der Waals surface area (Å²) in [6.45, 7) is 4.12. The molecule has 1 saturated heterocycles. The Morgan fingerprint density at radius 1 is 1.00 bits per heavy atom. The highest BCUT2D eigenvalue weighted by molar-refractivity contribution is 9.10. The Hall–Kier alpha value is -4.08. The van der Waals surface area contributed by atoms with Gasteiger partial charge < -0.3 is 14.8 Å². The number of rotatable bonds is 9. The first-order chi connectivity index (χ1) is 19.8. The number of aryl methyl sites for hydroxylation is 1. The topological polar surface area (TPSA) is 84.9 Å². The van der Waals surface area contributed by atoms with Crippen molar-refractivity contribution >= 4 is 67.3 Å². The number of carbonyl (C=O) groups is 3. The summed E-state index contributed by atoms with van der Waals surface area (Å²) in [6.07, 6.45) is 1.62. The first-order valence-electron chi connectivity index (χ1n) is 13.0. The number of ether oxygens (including phenoxy) is 2. The van der Waals surface area contributed by atoms with Gasteiger partial charge >= 0.3 is 0 Å². The second-order valence-corrected chi connectivity index (χ2v) is 11.2. The predicted octanol–water partition coefficient (Wildman–Crippen LogP) is 7.56. The van der Waals surface area contributed by atoms with Crippen molar-refractivity contribution in [2.24, 2.45) is 0 Å². The molecule has 0 atom stereocenters. The highest BCUT2D eigenvalue weighted by atomic mass is 79.9. The van der Waals surface area contributed by atoms with Crippen LogP contribution in [0.25, 0.3) is 16.8 Å². The van der Waals surface area contributed by atoms with Crippen LogP contribution in [0.3, 0.4) is 0 Å². The Morgan fingerprint density at radius 3 is 2.56 bits per heavy atom. The molecule has 208 valence electrons. The summed E-state index contributed by atoms with van der Waals surface area (Å²) in [6, 6.07) is 25.1. The van der Waals surface area contributed by atoms with E-state index in [0.29, 0.717) is 40.4 Å². The van der Waals surface area contributed by atoms with Gasteiger partial charge in [0.25, 0.3) is 11.1 Å². The zero-order valence-corrected chi connectivity index (χ0v) is 24.9. The maximum absolute atomic E-state index is 13.1. The smallest absolute Gasteiger partial charge is 0.294 e. The number of fused-ring (bicyclic) bond motifs is 1. The molecule has 1 fully saturated rings. The largest absolute Gasteiger partial charge is 0.490 e. The van der Waals surface area contributed by atoms with Crippen molar-refractivity contribution in [1.29, 1.82) is 0 Å². The quantitative estimate of drug-likeness (QED) is 0.192. The van der Waals surface area contributed by atoms with Crippen LogP contribution >= 0.6 is 27.7 Å². The third kappa shape index (κ3) is 6.47. The molecular weight excluding hydrogens is 604 g/mol. The molecule has 41 heavy (non-hydrogen) atoms. The molecule has 0 spiro atoms. The lowest BCUT2D eigenvalue weighted by atomic mass is 10.1. The molecule has 0 aromatic heterocycles. The molecule has 0 saturated carbocycles. The molecule has 1 N–H and O–H groups in total. The summed E-state index contributed by atoms with van der Waals surface area (Å²) in [5.74, 6) is 0.0744. The third-order valence-corrected chi connectivity index (χ3v) is 7.97. The van der Waals surface area contributed by atoms with E-state index in [4.69, 9.17) is 9.47 Å². The number of thioether (sulfide) groups is 1. The maximum Gasteiger partial charge on any atom is 0.294 e. The van der Waals surface area contributed by atoms with Crippen LogP contribution in [0.2, 0.25) is 0 Å².